The molecule has 3 unspecified atom stereocenters. The van der Waals surface area contributed by atoms with Crippen molar-refractivity contribution in [3.05, 3.63) is 53.6 Å². The summed E-state index contributed by atoms with van der Waals surface area (Å²) in [7, 11) is 0. The Kier molecular flexibility index (Phi) is 5.75. The van der Waals surface area contributed by atoms with Crippen molar-refractivity contribution in [2.75, 3.05) is 31.1 Å². The van der Waals surface area contributed by atoms with Crippen LogP contribution in [-0.4, -0.2) is 80.9 Å². The number of alkyl halides is 1. The molecule has 4 fully saturated rings. The van der Waals surface area contributed by atoms with E-state index in [0.717, 1.165) is 50.0 Å². The average molecular weight is 592 g/mol. The zero-order valence-electron chi connectivity index (χ0n) is 24.1. The van der Waals surface area contributed by atoms with E-state index in [9.17, 15) is 8.78 Å². The summed E-state index contributed by atoms with van der Waals surface area (Å²) in [4.78, 5) is 24.5. The molecule has 2 aromatic heterocycles. The largest absolute Gasteiger partial charge is 0.475 e. The minimum atomic E-state index is -0.826. The smallest absolute Gasteiger partial charge is 0.230 e. The van der Waals surface area contributed by atoms with Gasteiger partial charge < -0.3 is 15.0 Å². The molecule has 222 valence electrons. The average Bonchev–Trinajstić information content (AvgIpc) is 3.66. The van der Waals surface area contributed by atoms with Gasteiger partial charge in [-0.05, 0) is 49.8 Å². The first kappa shape index (κ1) is 26.2. The highest BCUT2D eigenvalue weighted by Crippen LogP contribution is 2.43. The normalized spacial score (nSPS) is 29.2. The summed E-state index contributed by atoms with van der Waals surface area (Å²) >= 11 is 0. The Balaban J connectivity index is 1.25. The molecule has 44 heavy (non-hydrogen) atoms. The van der Waals surface area contributed by atoms with Crippen molar-refractivity contribution < 1.29 is 13.5 Å². The lowest BCUT2D eigenvalue weighted by molar-refractivity contribution is 0.238. The van der Waals surface area contributed by atoms with Crippen LogP contribution in [0.15, 0.2) is 36.4 Å². The molecule has 7 heterocycles. The topological polar surface area (TPSA) is 79.3 Å². The Bertz CT molecular complexity index is 1920. The Morgan fingerprint density at radius 1 is 1.09 bits per heavy atom. The molecule has 0 aliphatic carbocycles. The van der Waals surface area contributed by atoms with Gasteiger partial charge in [-0.2, -0.15) is 4.98 Å². The van der Waals surface area contributed by atoms with E-state index in [4.69, 9.17) is 31.1 Å². The van der Waals surface area contributed by atoms with Gasteiger partial charge >= 0.3 is 0 Å². The minimum absolute atomic E-state index is 0.0760. The number of aromatic nitrogens is 4. The van der Waals surface area contributed by atoms with Gasteiger partial charge in [0.05, 0.1) is 11.6 Å². The number of anilines is 1. The maximum absolute atomic E-state index is 14.9. The molecule has 1 N–H and O–H groups in total. The second-order valence-corrected chi connectivity index (χ2v) is 12.8. The molecule has 9 rings (SSSR count). The molecule has 8 nitrogen and oxygen atoms in total. The van der Waals surface area contributed by atoms with Crippen molar-refractivity contribution >= 4 is 33.7 Å². The number of nitrogens with one attached hydrogen (secondary N) is 1. The molecule has 4 saturated heterocycles. The number of fused-ring (bicyclic) bond motifs is 7. The summed E-state index contributed by atoms with van der Waals surface area (Å²) in [5.41, 5.74) is 0.930. The predicted octanol–water partition coefficient (Wildman–Crippen LogP) is 4.65. The van der Waals surface area contributed by atoms with Gasteiger partial charge in [0.15, 0.2) is 17.3 Å². The highest BCUT2D eigenvalue weighted by molar-refractivity contribution is 6.01. The van der Waals surface area contributed by atoms with E-state index in [0.29, 0.717) is 65.1 Å². The lowest BCUT2D eigenvalue weighted by Crippen LogP contribution is -2.60. The van der Waals surface area contributed by atoms with E-state index in [1.807, 2.05) is 24.3 Å². The molecule has 10 heteroatoms. The van der Waals surface area contributed by atoms with Crippen molar-refractivity contribution in [3.8, 4) is 29.6 Å². The first-order valence-electron chi connectivity index (χ1n) is 15.5. The SMILES string of the molecule is C#Cc1c(F)ccc2cccc(-c3nc4c5c(nc(/C=C/[C@@]67CCCN6C[C@H](F)C7)nc5n3)N3CC5CCC(N5)C3CO4)c12. The first-order valence-corrected chi connectivity index (χ1v) is 15.5. The molecule has 2 aromatic carbocycles. The van der Waals surface area contributed by atoms with E-state index >= 15 is 0 Å². The fourth-order valence-corrected chi connectivity index (χ4v) is 8.33. The first-order chi connectivity index (χ1) is 21.5. The Labute approximate surface area is 253 Å². The van der Waals surface area contributed by atoms with Crippen LogP contribution in [0.1, 0.15) is 43.5 Å². The lowest BCUT2D eigenvalue weighted by atomic mass is 9.93. The zero-order chi connectivity index (χ0) is 29.6. The lowest BCUT2D eigenvalue weighted by Gasteiger charge is -2.40. The Morgan fingerprint density at radius 3 is 2.93 bits per heavy atom. The second kappa shape index (κ2) is 9.65. The molecular weight excluding hydrogens is 560 g/mol. The van der Waals surface area contributed by atoms with Crippen LogP contribution in [0.25, 0.3) is 39.3 Å². The standard InChI is InChI=1S/C34H31F2N7O/c1-2-22-24(36)9-7-19-5-3-6-23(28(19)22)30-40-31-29-32(43-17-21-8-10-25(37-21)26(43)18-44-33(29)41-30)39-27(38-31)11-13-34-12-4-14-42(34)16-20(35)15-34/h1,3,5-7,9,11,13,20-21,25-26,37H,4,8,10,12,14-18H2/b13-11+/t20-,21?,25?,26?,34-/m1/s1. The third-order valence-electron chi connectivity index (χ3n) is 10.3. The van der Waals surface area contributed by atoms with Crippen molar-refractivity contribution in [1.82, 2.24) is 30.2 Å². The molecule has 5 aliphatic rings. The number of piperazine rings is 1. The number of ether oxygens (including phenoxy) is 1. The molecule has 4 aromatic rings. The second-order valence-electron chi connectivity index (χ2n) is 12.8. The van der Waals surface area contributed by atoms with Crippen LogP contribution in [0.2, 0.25) is 0 Å². The number of terminal acetylenes is 1. The maximum Gasteiger partial charge on any atom is 0.230 e. The summed E-state index contributed by atoms with van der Waals surface area (Å²) in [5.74, 6) is 4.11. The number of benzene rings is 2. The van der Waals surface area contributed by atoms with Gasteiger partial charge in [0, 0.05) is 48.1 Å². The molecule has 2 bridgehead atoms. The number of halogens is 2. The summed E-state index contributed by atoms with van der Waals surface area (Å²) < 4.78 is 35.8. The maximum atomic E-state index is 14.9. The quantitative estimate of drug-likeness (QED) is 0.345. The predicted molar refractivity (Wildman–Crippen MR) is 165 cm³/mol. The van der Waals surface area contributed by atoms with Crippen LogP contribution in [0.5, 0.6) is 5.88 Å². The molecule has 0 radical (unpaired) electrons. The van der Waals surface area contributed by atoms with Gasteiger partial charge in [-0.15, -0.1) is 6.42 Å². The molecule has 0 saturated carbocycles. The van der Waals surface area contributed by atoms with Gasteiger partial charge in [0.2, 0.25) is 5.88 Å². The third-order valence-corrected chi connectivity index (χ3v) is 10.3. The summed E-state index contributed by atoms with van der Waals surface area (Å²) in [6.45, 7) is 2.62. The summed E-state index contributed by atoms with van der Waals surface area (Å²) in [6, 6.07) is 9.46. The van der Waals surface area contributed by atoms with Gasteiger partial charge in [-0.3, -0.25) is 4.90 Å². The van der Waals surface area contributed by atoms with E-state index in [2.05, 4.69) is 27.1 Å². The van der Waals surface area contributed by atoms with E-state index in [1.54, 1.807) is 6.07 Å². The Morgan fingerprint density at radius 2 is 2.02 bits per heavy atom. The van der Waals surface area contributed by atoms with Crippen LogP contribution >= 0.6 is 0 Å². The number of hydrogen-bond acceptors (Lipinski definition) is 8. The Hall–Kier alpha value is -4.20. The number of nitrogens with zero attached hydrogens (tertiary/aromatic N) is 6. The molecule has 0 spiro atoms. The van der Waals surface area contributed by atoms with Crippen molar-refractivity contribution in [1.29, 1.82) is 0 Å². The number of rotatable bonds is 3. The zero-order valence-corrected chi connectivity index (χ0v) is 24.1. The van der Waals surface area contributed by atoms with Crippen molar-refractivity contribution in [2.45, 2.75) is 61.9 Å². The molecule has 0 amide bonds. The van der Waals surface area contributed by atoms with Gasteiger partial charge in [-0.25, -0.2) is 23.7 Å². The van der Waals surface area contributed by atoms with Gasteiger partial charge in [-0.1, -0.05) is 36.3 Å². The summed E-state index contributed by atoms with van der Waals surface area (Å²) in [5, 5.41) is 5.78. The van der Waals surface area contributed by atoms with E-state index in [-0.39, 0.29) is 23.2 Å². The molecular formula is C34H31F2N7O. The van der Waals surface area contributed by atoms with Gasteiger partial charge in [0.1, 0.15) is 29.8 Å². The molecule has 5 aliphatic heterocycles. The third kappa shape index (κ3) is 3.88. The van der Waals surface area contributed by atoms with Gasteiger partial charge in [0.25, 0.3) is 0 Å². The minimum Gasteiger partial charge on any atom is -0.475 e. The fourth-order valence-electron chi connectivity index (χ4n) is 8.33. The number of hydrogen-bond donors (Lipinski definition) is 1. The highest BCUT2D eigenvalue weighted by Gasteiger charge is 2.47. The van der Waals surface area contributed by atoms with Crippen LogP contribution < -0.4 is 15.0 Å². The highest BCUT2D eigenvalue weighted by atomic mass is 19.1. The summed E-state index contributed by atoms with van der Waals surface area (Å²) in [6.07, 6.45) is 13.7. The van der Waals surface area contributed by atoms with E-state index in [1.165, 1.54) is 6.07 Å². The fraction of sp³-hybridized carbons (Fsp3) is 0.412. The van der Waals surface area contributed by atoms with Crippen LogP contribution in [0, 0.1) is 18.2 Å². The van der Waals surface area contributed by atoms with Crippen molar-refractivity contribution in [3.63, 3.8) is 0 Å². The van der Waals surface area contributed by atoms with E-state index < -0.39 is 12.0 Å². The van der Waals surface area contributed by atoms with Crippen molar-refractivity contribution in [2.24, 2.45) is 0 Å². The van der Waals surface area contributed by atoms with Crippen LogP contribution in [-0.2, 0) is 0 Å². The van der Waals surface area contributed by atoms with Crippen LogP contribution in [0.3, 0.4) is 0 Å². The van der Waals surface area contributed by atoms with Crippen LogP contribution in [0.4, 0.5) is 14.6 Å². The molecule has 5 atom stereocenters. The monoisotopic (exact) mass is 591 g/mol.